The number of hydrogen-bond acceptors (Lipinski definition) is 3. The molecule has 0 spiro atoms. The fraction of sp³-hybridized carbons (Fsp3) is 0.286. The van der Waals surface area contributed by atoms with Crippen LogP contribution in [0.3, 0.4) is 0 Å². The van der Waals surface area contributed by atoms with Crippen LogP contribution in [0.4, 0.5) is 10.5 Å². The molecule has 2 saturated heterocycles. The molecular formula is C21H20Cl2N4O3. The molecule has 0 radical (unpaired) electrons. The quantitative estimate of drug-likeness (QED) is 0.674. The third-order valence-corrected chi connectivity index (χ3v) is 5.86. The van der Waals surface area contributed by atoms with Crippen molar-refractivity contribution in [1.29, 1.82) is 0 Å². The average molecular weight is 447 g/mol. The summed E-state index contributed by atoms with van der Waals surface area (Å²) in [7, 11) is 0. The molecule has 3 atom stereocenters. The van der Waals surface area contributed by atoms with Crippen molar-refractivity contribution in [3.8, 4) is 0 Å². The Morgan fingerprint density at radius 2 is 1.90 bits per heavy atom. The number of rotatable bonds is 4. The highest BCUT2D eigenvalue weighted by atomic mass is 35.5. The van der Waals surface area contributed by atoms with E-state index in [1.165, 1.54) is 0 Å². The summed E-state index contributed by atoms with van der Waals surface area (Å²) in [5, 5.41) is 9.09. The number of halogens is 2. The van der Waals surface area contributed by atoms with Gasteiger partial charge in [0.15, 0.2) is 0 Å². The molecule has 0 aromatic heterocycles. The van der Waals surface area contributed by atoms with Crippen molar-refractivity contribution >= 4 is 46.7 Å². The molecule has 0 bridgehead atoms. The van der Waals surface area contributed by atoms with E-state index in [9.17, 15) is 14.4 Å². The van der Waals surface area contributed by atoms with Crippen molar-refractivity contribution in [2.45, 2.75) is 31.0 Å². The zero-order chi connectivity index (χ0) is 21.3. The van der Waals surface area contributed by atoms with E-state index in [-0.39, 0.29) is 24.4 Å². The van der Waals surface area contributed by atoms with Gasteiger partial charge in [0, 0.05) is 18.0 Å². The molecular weight excluding hydrogens is 427 g/mol. The van der Waals surface area contributed by atoms with Crippen LogP contribution in [0.5, 0.6) is 0 Å². The van der Waals surface area contributed by atoms with Gasteiger partial charge < -0.3 is 20.9 Å². The first-order valence-corrected chi connectivity index (χ1v) is 10.3. The van der Waals surface area contributed by atoms with E-state index in [1.54, 1.807) is 23.1 Å². The number of anilines is 1. The molecule has 2 heterocycles. The molecule has 7 nitrogen and oxygen atoms in total. The van der Waals surface area contributed by atoms with Crippen LogP contribution in [0.25, 0.3) is 0 Å². The van der Waals surface area contributed by atoms with Gasteiger partial charge >= 0.3 is 6.03 Å². The number of piperazine rings is 1. The zero-order valence-electron chi connectivity index (χ0n) is 15.9. The summed E-state index contributed by atoms with van der Waals surface area (Å²) < 4.78 is 0. The second kappa shape index (κ2) is 8.53. The van der Waals surface area contributed by atoms with Gasteiger partial charge in [-0.15, -0.1) is 0 Å². The Hall–Kier alpha value is -2.77. The van der Waals surface area contributed by atoms with Crippen molar-refractivity contribution in [1.82, 2.24) is 15.5 Å². The molecule has 2 fully saturated rings. The summed E-state index contributed by atoms with van der Waals surface area (Å²) in [5.74, 6) is -0.329. The van der Waals surface area contributed by atoms with Gasteiger partial charge in [0.1, 0.15) is 12.1 Å². The normalized spacial score (nSPS) is 23.0. The topological polar surface area (TPSA) is 90.5 Å². The summed E-state index contributed by atoms with van der Waals surface area (Å²) >= 11 is 12.0. The van der Waals surface area contributed by atoms with Crippen LogP contribution in [0, 0.1) is 0 Å². The Kier molecular flexibility index (Phi) is 5.83. The first kappa shape index (κ1) is 20.5. The summed E-state index contributed by atoms with van der Waals surface area (Å²) in [6, 6.07) is 12.3. The first-order chi connectivity index (χ1) is 14.4. The van der Waals surface area contributed by atoms with Gasteiger partial charge in [-0.2, -0.15) is 0 Å². The van der Waals surface area contributed by atoms with Crippen LogP contribution in [0.2, 0.25) is 10.0 Å². The highest BCUT2D eigenvalue weighted by molar-refractivity contribution is 6.35. The third kappa shape index (κ3) is 4.37. The molecule has 0 saturated carbocycles. The van der Waals surface area contributed by atoms with Crippen LogP contribution in [0.1, 0.15) is 12.0 Å². The van der Waals surface area contributed by atoms with E-state index in [2.05, 4.69) is 16.0 Å². The lowest BCUT2D eigenvalue weighted by Gasteiger charge is -2.34. The Balaban J connectivity index is 1.38. The van der Waals surface area contributed by atoms with E-state index < -0.39 is 18.1 Å². The number of hydrogen-bond donors (Lipinski definition) is 3. The minimum absolute atomic E-state index is 0.133. The van der Waals surface area contributed by atoms with Gasteiger partial charge in [-0.1, -0.05) is 53.5 Å². The molecule has 4 rings (SSSR count). The molecule has 0 unspecified atom stereocenters. The third-order valence-electron chi connectivity index (χ3n) is 5.30. The van der Waals surface area contributed by atoms with Crippen molar-refractivity contribution in [2.75, 3.05) is 11.9 Å². The zero-order valence-corrected chi connectivity index (χ0v) is 17.4. The first-order valence-electron chi connectivity index (χ1n) is 9.58. The Bertz CT molecular complexity index is 985. The second-order valence-electron chi connectivity index (χ2n) is 7.41. The van der Waals surface area contributed by atoms with Crippen LogP contribution in [0.15, 0.2) is 48.5 Å². The van der Waals surface area contributed by atoms with E-state index >= 15 is 0 Å². The number of amides is 4. The highest BCUT2D eigenvalue weighted by Gasteiger charge is 2.46. The molecule has 2 aromatic carbocycles. The monoisotopic (exact) mass is 446 g/mol. The number of nitrogens with one attached hydrogen (secondary N) is 3. The number of urea groups is 1. The van der Waals surface area contributed by atoms with E-state index in [0.29, 0.717) is 28.6 Å². The van der Waals surface area contributed by atoms with Crippen LogP contribution >= 0.6 is 23.2 Å². The summed E-state index contributed by atoms with van der Waals surface area (Å²) in [6.07, 6.45) is 0.785. The molecule has 30 heavy (non-hydrogen) atoms. The van der Waals surface area contributed by atoms with Gasteiger partial charge in [-0.05, 0) is 30.2 Å². The number of nitrogens with zero attached hydrogens (tertiary/aromatic N) is 1. The number of benzene rings is 2. The maximum absolute atomic E-state index is 12.9. The summed E-state index contributed by atoms with van der Waals surface area (Å²) in [4.78, 5) is 39.4. The molecule has 4 amide bonds. The number of carbonyl (C=O) groups is 3. The minimum atomic E-state index is -0.603. The average Bonchev–Trinajstić information content (AvgIpc) is 3.14. The smallest absolute Gasteiger partial charge is 0.319 e. The maximum atomic E-state index is 12.9. The van der Waals surface area contributed by atoms with E-state index in [0.717, 1.165) is 5.56 Å². The Morgan fingerprint density at radius 1 is 1.13 bits per heavy atom. The van der Waals surface area contributed by atoms with Crippen molar-refractivity contribution in [3.05, 3.63) is 64.1 Å². The van der Waals surface area contributed by atoms with Gasteiger partial charge in [0.05, 0.1) is 16.8 Å². The molecule has 3 N–H and O–H groups in total. The van der Waals surface area contributed by atoms with Crippen molar-refractivity contribution in [2.24, 2.45) is 0 Å². The largest absolute Gasteiger partial charge is 0.342 e. The standard InChI is InChI=1S/C21H20Cl2N4O3/c22-13-6-7-15(23)16(9-13)26-21(30)24-14-10-18-19(28)25-17(20(29)27(18)11-14)8-12-4-2-1-3-5-12/h1-7,9,14,17-18H,8,10-11H2,(H,25,28)(H2,24,26,30)/t14-,17-,18-/m0/s1. The molecule has 156 valence electrons. The molecule has 9 heteroatoms. The molecule has 2 aromatic rings. The fourth-order valence-corrected chi connectivity index (χ4v) is 4.22. The summed E-state index contributed by atoms with van der Waals surface area (Å²) in [6.45, 7) is 0.277. The van der Waals surface area contributed by atoms with Gasteiger partial charge in [0.2, 0.25) is 11.8 Å². The van der Waals surface area contributed by atoms with Crippen molar-refractivity contribution < 1.29 is 14.4 Å². The second-order valence-corrected chi connectivity index (χ2v) is 8.26. The van der Waals surface area contributed by atoms with Crippen LogP contribution < -0.4 is 16.0 Å². The Labute approximate surface area is 183 Å². The number of carbonyl (C=O) groups excluding carboxylic acids is 3. The van der Waals surface area contributed by atoms with Crippen molar-refractivity contribution in [3.63, 3.8) is 0 Å². The minimum Gasteiger partial charge on any atom is -0.342 e. The summed E-state index contributed by atoms with van der Waals surface area (Å²) in [5.41, 5.74) is 1.36. The van der Waals surface area contributed by atoms with Gasteiger partial charge in [-0.3, -0.25) is 9.59 Å². The molecule has 0 aliphatic carbocycles. The SMILES string of the molecule is O=C(Nc1cc(Cl)ccc1Cl)N[C@H]1C[C@H]2C(=O)N[C@@H](Cc3ccccc3)C(=O)N2C1. The van der Waals surface area contributed by atoms with Crippen LogP contribution in [-0.2, 0) is 16.0 Å². The highest BCUT2D eigenvalue weighted by Crippen LogP contribution is 2.26. The Morgan fingerprint density at radius 3 is 2.67 bits per heavy atom. The van der Waals surface area contributed by atoms with Gasteiger partial charge in [0.25, 0.3) is 0 Å². The van der Waals surface area contributed by atoms with E-state index in [1.807, 2.05) is 30.3 Å². The van der Waals surface area contributed by atoms with E-state index in [4.69, 9.17) is 23.2 Å². The lowest BCUT2D eigenvalue weighted by Crippen LogP contribution is -2.61. The lowest BCUT2D eigenvalue weighted by molar-refractivity contribution is -0.147. The predicted octanol–water partition coefficient (Wildman–Crippen LogP) is 2.83. The molecule has 2 aliphatic rings. The lowest BCUT2D eigenvalue weighted by atomic mass is 10.0. The maximum Gasteiger partial charge on any atom is 0.319 e. The predicted molar refractivity (Wildman–Crippen MR) is 115 cm³/mol. The van der Waals surface area contributed by atoms with Crippen LogP contribution in [-0.4, -0.2) is 47.4 Å². The number of fused-ring (bicyclic) bond motifs is 1. The molecule has 2 aliphatic heterocycles. The fourth-order valence-electron chi connectivity index (χ4n) is 3.89. The van der Waals surface area contributed by atoms with Gasteiger partial charge in [-0.25, -0.2) is 4.79 Å².